The predicted octanol–water partition coefficient (Wildman–Crippen LogP) is 3.49. The minimum absolute atomic E-state index is 0.142. The lowest BCUT2D eigenvalue weighted by Gasteiger charge is -2.37. The van der Waals surface area contributed by atoms with E-state index in [0.29, 0.717) is 0 Å². The molecule has 1 N–H and O–H groups in total. The van der Waals surface area contributed by atoms with Gasteiger partial charge in [-0.05, 0) is 50.4 Å². The molecule has 1 aromatic rings. The fourth-order valence-corrected chi connectivity index (χ4v) is 2.98. The average Bonchev–Trinajstić information content (AvgIpc) is 2.64. The zero-order chi connectivity index (χ0) is 13.9. The summed E-state index contributed by atoms with van der Waals surface area (Å²) in [6.07, 6.45) is 3.32. The summed E-state index contributed by atoms with van der Waals surface area (Å²) in [5, 5.41) is 3.69. The summed E-state index contributed by atoms with van der Waals surface area (Å²) < 4.78 is 13.5. The molecule has 1 aliphatic rings. The maximum atomic E-state index is 13.5. The van der Waals surface area contributed by atoms with Crippen LogP contribution >= 0.6 is 0 Å². The fourth-order valence-electron chi connectivity index (χ4n) is 2.98. The monoisotopic (exact) mass is 264 g/mol. The van der Waals surface area contributed by atoms with Crippen LogP contribution in [0.3, 0.4) is 0 Å². The molecule has 0 aromatic heterocycles. The van der Waals surface area contributed by atoms with Crippen molar-refractivity contribution in [1.29, 1.82) is 0 Å². The Kier molecular flexibility index (Phi) is 4.46. The van der Waals surface area contributed by atoms with Crippen molar-refractivity contribution in [2.45, 2.75) is 45.6 Å². The first kappa shape index (κ1) is 14.3. The highest BCUT2D eigenvalue weighted by Gasteiger charge is 2.30. The molecule has 1 aliphatic heterocycles. The predicted molar refractivity (Wildman–Crippen MR) is 79.3 cm³/mol. The molecule has 0 aliphatic carbocycles. The van der Waals surface area contributed by atoms with Crippen molar-refractivity contribution in [3.63, 3.8) is 0 Å². The van der Waals surface area contributed by atoms with Gasteiger partial charge in [-0.25, -0.2) is 4.39 Å². The van der Waals surface area contributed by atoms with Crippen LogP contribution in [0.15, 0.2) is 18.2 Å². The summed E-state index contributed by atoms with van der Waals surface area (Å²) in [6.45, 7) is 9.54. The molecule has 2 rings (SSSR count). The third-order valence-corrected chi connectivity index (χ3v) is 4.46. The SMILES string of the molecule is CCC1(CC)CN(c2cc(F)ccc2C)CCCN1. The second-order valence-electron chi connectivity index (χ2n) is 5.62. The molecule has 1 aromatic carbocycles. The molecule has 0 amide bonds. The van der Waals surface area contributed by atoms with Gasteiger partial charge in [0.2, 0.25) is 0 Å². The summed E-state index contributed by atoms with van der Waals surface area (Å²) in [5.74, 6) is -0.142. The van der Waals surface area contributed by atoms with Crippen LogP contribution in [0.4, 0.5) is 10.1 Å². The number of rotatable bonds is 3. The summed E-state index contributed by atoms with van der Waals surface area (Å²) in [7, 11) is 0. The van der Waals surface area contributed by atoms with E-state index in [4.69, 9.17) is 0 Å². The average molecular weight is 264 g/mol. The molecular weight excluding hydrogens is 239 g/mol. The molecule has 0 atom stereocenters. The van der Waals surface area contributed by atoms with Crippen molar-refractivity contribution in [1.82, 2.24) is 5.32 Å². The van der Waals surface area contributed by atoms with Crippen molar-refractivity contribution < 1.29 is 4.39 Å². The lowest BCUT2D eigenvalue weighted by atomic mass is 9.92. The lowest BCUT2D eigenvalue weighted by Crippen LogP contribution is -2.50. The molecule has 2 nitrogen and oxygen atoms in total. The first-order valence-electron chi connectivity index (χ1n) is 7.36. The van der Waals surface area contributed by atoms with Gasteiger partial charge in [0.1, 0.15) is 5.82 Å². The van der Waals surface area contributed by atoms with Gasteiger partial charge in [0.05, 0.1) is 0 Å². The highest BCUT2D eigenvalue weighted by molar-refractivity contribution is 5.54. The minimum atomic E-state index is -0.142. The van der Waals surface area contributed by atoms with Crippen LogP contribution in [0.5, 0.6) is 0 Å². The Hall–Kier alpha value is -1.09. The van der Waals surface area contributed by atoms with Crippen molar-refractivity contribution in [3.05, 3.63) is 29.6 Å². The third kappa shape index (κ3) is 3.08. The van der Waals surface area contributed by atoms with Crippen LogP contribution in [0.1, 0.15) is 38.7 Å². The largest absolute Gasteiger partial charge is 0.369 e. The Morgan fingerprint density at radius 2 is 2.05 bits per heavy atom. The van der Waals surface area contributed by atoms with Crippen molar-refractivity contribution in [2.75, 3.05) is 24.5 Å². The molecule has 106 valence electrons. The molecule has 19 heavy (non-hydrogen) atoms. The van der Waals surface area contributed by atoms with Gasteiger partial charge in [0, 0.05) is 24.3 Å². The van der Waals surface area contributed by atoms with E-state index in [-0.39, 0.29) is 11.4 Å². The zero-order valence-electron chi connectivity index (χ0n) is 12.3. The normalized spacial score (nSPS) is 19.3. The second kappa shape index (κ2) is 5.91. The van der Waals surface area contributed by atoms with Crippen LogP contribution in [-0.2, 0) is 0 Å². The molecule has 0 unspecified atom stereocenters. The maximum absolute atomic E-state index is 13.5. The smallest absolute Gasteiger partial charge is 0.125 e. The van der Waals surface area contributed by atoms with E-state index >= 15 is 0 Å². The van der Waals surface area contributed by atoms with Crippen LogP contribution < -0.4 is 10.2 Å². The summed E-state index contributed by atoms with van der Waals surface area (Å²) in [6, 6.07) is 5.10. The summed E-state index contributed by atoms with van der Waals surface area (Å²) in [4.78, 5) is 2.35. The lowest BCUT2D eigenvalue weighted by molar-refractivity contribution is 0.321. The zero-order valence-corrected chi connectivity index (χ0v) is 12.3. The van der Waals surface area contributed by atoms with E-state index < -0.39 is 0 Å². The third-order valence-electron chi connectivity index (χ3n) is 4.46. The standard InChI is InChI=1S/C16H25FN2/c1-4-16(5-2)12-19(10-6-9-18-16)15-11-14(17)8-7-13(15)3/h7-8,11,18H,4-6,9-10,12H2,1-3H3. The fraction of sp³-hybridized carbons (Fsp3) is 0.625. The van der Waals surface area contributed by atoms with E-state index in [0.717, 1.165) is 50.1 Å². The molecule has 0 spiro atoms. The molecule has 3 heteroatoms. The van der Waals surface area contributed by atoms with Gasteiger partial charge in [-0.1, -0.05) is 19.9 Å². The number of anilines is 1. The molecule has 0 saturated carbocycles. The van der Waals surface area contributed by atoms with Gasteiger partial charge in [0.15, 0.2) is 0 Å². The van der Waals surface area contributed by atoms with E-state index in [1.807, 2.05) is 6.07 Å². The number of nitrogens with one attached hydrogen (secondary N) is 1. The Morgan fingerprint density at radius 3 is 2.74 bits per heavy atom. The van der Waals surface area contributed by atoms with Crippen LogP contribution in [-0.4, -0.2) is 25.2 Å². The number of benzene rings is 1. The van der Waals surface area contributed by atoms with Crippen molar-refractivity contribution in [2.24, 2.45) is 0 Å². The molecule has 0 bridgehead atoms. The van der Waals surface area contributed by atoms with Crippen molar-refractivity contribution in [3.8, 4) is 0 Å². The second-order valence-corrected chi connectivity index (χ2v) is 5.62. The number of nitrogens with zero attached hydrogens (tertiary/aromatic N) is 1. The minimum Gasteiger partial charge on any atom is -0.369 e. The number of hydrogen-bond donors (Lipinski definition) is 1. The Morgan fingerprint density at radius 1 is 1.32 bits per heavy atom. The highest BCUT2D eigenvalue weighted by atomic mass is 19.1. The van der Waals surface area contributed by atoms with E-state index in [1.165, 1.54) is 0 Å². The Labute approximate surface area is 116 Å². The number of aryl methyl sites for hydroxylation is 1. The molecule has 1 fully saturated rings. The van der Waals surface area contributed by atoms with Crippen molar-refractivity contribution >= 4 is 5.69 Å². The summed E-state index contributed by atoms with van der Waals surface area (Å²) in [5.41, 5.74) is 2.37. The van der Waals surface area contributed by atoms with Gasteiger partial charge in [0.25, 0.3) is 0 Å². The maximum Gasteiger partial charge on any atom is 0.125 e. The van der Waals surface area contributed by atoms with Crippen LogP contribution in [0, 0.1) is 12.7 Å². The Bertz CT molecular complexity index is 427. The van der Waals surface area contributed by atoms with E-state index in [9.17, 15) is 4.39 Å². The Balaban J connectivity index is 2.29. The number of hydrogen-bond acceptors (Lipinski definition) is 2. The molecule has 0 radical (unpaired) electrons. The molecule has 1 heterocycles. The van der Waals surface area contributed by atoms with Gasteiger partial charge >= 0.3 is 0 Å². The molecule has 1 saturated heterocycles. The van der Waals surface area contributed by atoms with E-state index in [1.54, 1.807) is 12.1 Å². The van der Waals surface area contributed by atoms with Gasteiger partial charge in [-0.15, -0.1) is 0 Å². The first-order valence-corrected chi connectivity index (χ1v) is 7.36. The van der Waals surface area contributed by atoms with Crippen LogP contribution in [0.2, 0.25) is 0 Å². The quantitative estimate of drug-likeness (QED) is 0.899. The van der Waals surface area contributed by atoms with E-state index in [2.05, 4.69) is 31.0 Å². The van der Waals surface area contributed by atoms with Gasteiger partial charge < -0.3 is 10.2 Å². The topological polar surface area (TPSA) is 15.3 Å². The van der Waals surface area contributed by atoms with Gasteiger partial charge in [-0.2, -0.15) is 0 Å². The highest BCUT2D eigenvalue weighted by Crippen LogP contribution is 2.27. The summed E-state index contributed by atoms with van der Waals surface area (Å²) >= 11 is 0. The van der Waals surface area contributed by atoms with Crippen LogP contribution in [0.25, 0.3) is 0 Å². The van der Waals surface area contributed by atoms with Gasteiger partial charge in [-0.3, -0.25) is 0 Å². The number of halogens is 1. The first-order chi connectivity index (χ1) is 9.10. The molecular formula is C16H25FN2.